The third-order valence-electron chi connectivity index (χ3n) is 5.55. The highest BCUT2D eigenvalue weighted by molar-refractivity contribution is 8.27. The molecule has 1 N–H and O–H groups in total. The van der Waals surface area contributed by atoms with Crippen molar-refractivity contribution in [2.45, 2.75) is 18.7 Å². The van der Waals surface area contributed by atoms with Gasteiger partial charge < -0.3 is 4.74 Å². The van der Waals surface area contributed by atoms with Gasteiger partial charge in [0.1, 0.15) is 10.8 Å². The molecule has 2 aliphatic rings. The zero-order chi connectivity index (χ0) is 25.1. The van der Waals surface area contributed by atoms with Gasteiger partial charge in [0.2, 0.25) is 5.17 Å². The number of thioether (sulfide) groups is 2. The lowest BCUT2D eigenvalue weighted by molar-refractivity contribution is -0.114. The van der Waals surface area contributed by atoms with E-state index in [4.69, 9.17) is 10.1 Å². The summed E-state index contributed by atoms with van der Waals surface area (Å²) in [5, 5.41) is 15.7. The first-order valence-corrected chi connectivity index (χ1v) is 13.3. The number of fused-ring (bicyclic) bond motifs is 1. The summed E-state index contributed by atoms with van der Waals surface area (Å²) in [7, 11) is 0. The number of aryl methyl sites for hydroxylation is 2. The predicted molar refractivity (Wildman–Crippen MR) is 149 cm³/mol. The second kappa shape index (κ2) is 10.6. The van der Waals surface area contributed by atoms with Gasteiger partial charge in [-0.05, 0) is 67.6 Å². The molecule has 0 spiro atoms. The number of rotatable bonds is 7. The van der Waals surface area contributed by atoms with Gasteiger partial charge in [0.25, 0.3) is 5.91 Å². The van der Waals surface area contributed by atoms with E-state index < -0.39 is 5.91 Å². The molecule has 0 unspecified atom stereocenters. The van der Waals surface area contributed by atoms with Crippen LogP contribution in [-0.2, 0) is 4.79 Å². The summed E-state index contributed by atoms with van der Waals surface area (Å²) in [4.78, 5) is 18.1. The minimum Gasteiger partial charge on any atom is -0.493 e. The van der Waals surface area contributed by atoms with Gasteiger partial charge in [-0.1, -0.05) is 53.6 Å². The number of aliphatic imine (C=N–C) groups is 1. The summed E-state index contributed by atoms with van der Waals surface area (Å²) in [5.41, 5.74) is 4.30. The molecule has 2 heterocycles. The highest BCUT2D eigenvalue weighted by Crippen LogP contribution is 2.31. The molecule has 1 amide bonds. The second-order valence-corrected chi connectivity index (χ2v) is 10.5. The van der Waals surface area contributed by atoms with E-state index in [1.165, 1.54) is 27.2 Å². The standard InChI is InChI=1S/C28H24N4O2S2/c1-18-6-12-23(13-7-18)35-15-14-34-22-10-8-20(9-11-22)17-24-25(29)32-28(30-26(24)33)36-27(31-32)21-5-3-4-19(2)16-21/h3-13,16-17,29H,14-15H2,1-2H3/b24-17+,29-25?. The van der Waals surface area contributed by atoms with E-state index in [-0.39, 0.29) is 11.4 Å². The smallest absolute Gasteiger partial charge is 0.283 e. The number of amides is 1. The second-order valence-electron chi connectivity index (χ2n) is 8.37. The molecule has 0 saturated heterocycles. The SMILES string of the molecule is Cc1ccc(SCCOc2ccc(/C=C3\C(=N)N4N=C(c5cccc(C)c5)SC4=NC3=O)cc2)cc1. The van der Waals surface area contributed by atoms with Crippen molar-refractivity contribution in [2.75, 3.05) is 12.4 Å². The number of hydrazone groups is 1. The first-order chi connectivity index (χ1) is 17.5. The van der Waals surface area contributed by atoms with Crippen LogP contribution < -0.4 is 4.74 Å². The molecule has 0 aromatic heterocycles. The average Bonchev–Trinajstić information content (AvgIpc) is 3.31. The average molecular weight is 513 g/mol. The summed E-state index contributed by atoms with van der Waals surface area (Å²) in [6.07, 6.45) is 1.67. The zero-order valence-electron chi connectivity index (χ0n) is 19.9. The first-order valence-electron chi connectivity index (χ1n) is 11.5. The molecule has 3 aromatic carbocycles. The molecule has 0 radical (unpaired) electrons. The summed E-state index contributed by atoms with van der Waals surface area (Å²) < 4.78 is 5.86. The minimum atomic E-state index is -0.437. The van der Waals surface area contributed by atoms with Gasteiger partial charge >= 0.3 is 0 Å². The van der Waals surface area contributed by atoms with Crippen LogP contribution in [0.3, 0.4) is 0 Å². The van der Waals surface area contributed by atoms with Crippen molar-refractivity contribution >= 4 is 51.6 Å². The molecule has 0 bridgehead atoms. The van der Waals surface area contributed by atoms with E-state index in [1.807, 2.05) is 55.5 Å². The topological polar surface area (TPSA) is 78.1 Å². The van der Waals surface area contributed by atoms with Crippen LogP contribution >= 0.6 is 23.5 Å². The lowest BCUT2D eigenvalue weighted by Gasteiger charge is -2.20. The van der Waals surface area contributed by atoms with Crippen LogP contribution in [0.25, 0.3) is 6.08 Å². The number of nitrogens with zero attached hydrogens (tertiary/aromatic N) is 3. The molecule has 0 fully saturated rings. The number of carbonyl (C=O) groups is 1. The van der Waals surface area contributed by atoms with Gasteiger partial charge in [-0.25, -0.2) is 0 Å². The molecule has 36 heavy (non-hydrogen) atoms. The molecular weight excluding hydrogens is 488 g/mol. The summed E-state index contributed by atoms with van der Waals surface area (Å²) in [6, 6.07) is 23.9. The predicted octanol–water partition coefficient (Wildman–Crippen LogP) is 6.14. The number of benzene rings is 3. The highest BCUT2D eigenvalue weighted by Gasteiger charge is 2.36. The number of nitrogens with one attached hydrogen (secondary N) is 1. The number of carbonyl (C=O) groups excluding carboxylic acids is 1. The van der Waals surface area contributed by atoms with Crippen molar-refractivity contribution in [1.82, 2.24) is 5.01 Å². The van der Waals surface area contributed by atoms with Crippen LogP contribution in [-0.4, -0.2) is 39.3 Å². The Morgan fingerprint density at radius 3 is 2.56 bits per heavy atom. The van der Waals surface area contributed by atoms with Crippen molar-refractivity contribution < 1.29 is 9.53 Å². The van der Waals surface area contributed by atoms with E-state index in [1.54, 1.807) is 17.8 Å². The van der Waals surface area contributed by atoms with Crippen LogP contribution in [0.4, 0.5) is 0 Å². The fraction of sp³-hybridized carbons (Fsp3) is 0.143. The maximum Gasteiger partial charge on any atom is 0.283 e. The van der Waals surface area contributed by atoms with Crippen LogP contribution in [0.15, 0.2) is 93.4 Å². The Kier molecular flexibility index (Phi) is 7.06. The van der Waals surface area contributed by atoms with Crippen molar-refractivity contribution in [3.63, 3.8) is 0 Å². The molecule has 0 atom stereocenters. The van der Waals surface area contributed by atoms with E-state index >= 15 is 0 Å². The Morgan fingerprint density at radius 1 is 1.03 bits per heavy atom. The summed E-state index contributed by atoms with van der Waals surface area (Å²) >= 11 is 3.06. The molecular formula is C28H24N4O2S2. The number of hydrogen-bond acceptors (Lipinski definition) is 6. The fourth-order valence-corrected chi connectivity index (χ4v) is 5.29. The largest absolute Gasteiger partial charge is 0.493 e. The van der Waals surface area contributed by atoms with Gasteiger partial charge in [0.15, 0.2) is 5.84 Å². The normalized spacial score (nSPS) is 16.2. The molecule has 3 aromatic rings. The molecule has 8 heteroatoms. The monoisotopic (exact) mass is 512 g/mol. The van der Waals surface area contributed by atoms with Gasteiger partial charge in [-0.2, -0.15) is 15.1 Å². The van der Waals surface area contributed by atoms with E-state index in [0.717, 1.165) is 33.2 Å². The van der Waals surface area contributed by atoms with Crippen molar-refractivity contribution in [3.05, 3.63) is 101 Å². The van der Waals surface area contributed by atoms with Gasteiger partial charge in [0, 0.05) is 16.2 Å². The van der Waals surface area contributed by atoms with Crippen LogP contribution in [0, 0.1) is 19.3 Å². The quantitative estimate of drug-likeness (QED) is 0.234. The lowest BCUT2D eigenvalue weighted by atomic mass is 10.1. The van der Waals surface area contributed by atoms with Crippen LogP contribution in [0.2, 0.25) is 0 Å². The molecule has 2 aliphatic heterocycles. The van der Waals surface area contributed by atoms with E-state index in [2.05, 4.69) is 41.3 Å². The number of hydrogen-bond donors (Lipinski definition) is 1. The molecule has 5 rings (SSSR count). The van der Waals surface area contributed by atoms with Crippen LogP contribution in [0.1, 0.15) is 22.3 Å². The van der Waals surface area contributed by atoms with Crippen LogP contribution in [0.5, 0.6) is 5.75 Å². The van der Waals surface area contributed by atoms with E-state index in [9.17, 15) is 4.79 Å². The Labute approximate surface area is 218 Å². The maximum atomic E-state index is 12.7. The molecule has 0 saturated carbocycles. The van der Waals surface area contributed by atoms with Crippen molar-refractivity contribution in [3.8, 4) is 5.75 Å². The Bertz CT molecular complexity index is 1410. The summed E-state index contributed by atoms with van der Waals surface area (Å²) in [6.45, 7) is 4.69. The third kappa shape index (κ3) is 5.45. The number of amidine groups is 2. The Hall–Kier alpha value is -3.62. The Balaban J connectivity index is 1.22. The van der Waals surface area contributed by atoms with Gasteiger partial charge in [-0.3, -0.25) is 10.2 Å². The van der Waals surface area contributed by atoms with Crippen molar-refractivity contribution in [1.29, 1.82) is 5.41 Å². The van der Waals surface area contributed by atoms with Gasteiger partial charge in [-0.15, -0.1) is 11.8 Å². The van der Waals surface area contributed by atoms with Gasteiger partial charge in [0.05, 0.1) is 12.2 Å². The maximum absolute atomic E-state index is 12.7. The molecule has 6 nitrogen and oxygen atoms in total. The van der Waals surface area contributed by atoms with E-state index in [0.29, 0.717) is 11.8 Å². The lowest BCUT2D eigenvalue weighted by Crippen LogP contribution is -2.35. The Morgan fingerprint density at radius 2 is 1.81 bits per heavy atom. The third-order valence-corrected chi connectivity index (χ3v) is 7.49. The zero-order valence-corrected chi connectivity index (χ0v) is 21.5. The number of ether oxygens (including phenoxy) is 1. The first kappa shape index (κ1) is 24.1. The van der Waals surface area contributed by atoms with Crippen molar-refractivity contribution in [2.24, 2.45) is 10.1 Å². The fourth-order valence-electron chi connectivity index (χ4n) is 3.67. The molecule has 180 valence electrons. The molecule has 0 aliphatic carbocycles. The minimum absolute atomic E-state index is 0.0219. The highest BCUT2D eigenvalue weighted by atomic mass is 32.2. The summed E-state index contributed by atoms with van der Waals surface area (Å²) in [5.74, 6) is 1.19.